The molecule has 0 saturated heterocycles. The first-order valence-corrected chi connectivity index (χ1v) is 14.7. The summed E-state index contributed by atoms with van der Waals surface area (Å²) in [4.78, 5) is 29.4. The third-order valence-corrected chi connectivity index (χ3v) is 8.65. The average molecular weight is 634 g/mol. The zero-order valence-corrected chi connectivity index (χ0v) is 24.6. The van der Waals surface area contributed by atoms with Crippen molar-refractivity contribution in [3.63, 3.8) is 0 Å². The van der Waals surface area contributed by atoms with Gasteiger partial charge in [-0.15, -0.1) is 5.26 Å². The number of aromatic nitrogens is 2. The Labute approximate surface area is 261 Å². The number of likely N-dealkylation sites (N-methyl/N-ethyl adjacent to an activating group) is 1. The number of carbonyl (C=O) groups is 2. The third kappa shape index (κ3) is 4.90. The van der Waals surface area contributed by atoms with E-state index in [2.05, 4.69) is 11.5 Å². The van der Waals surface area contributed by atoms with Gasteiger partial charge in [0.25, 0.3) is 11.8 Å². The van der Waals surface area contributed by atoms with Crippen molar-refractivity contribution in [1.29, 1.82) is 5.26 Å². The van der Waals surface area contributed by atoms with E-state index in [9.17, 15) is 37.5 Å². The van der Waals surface area contributed by atoms with Crippen molar-refractivity contribution in [3.8, 4) is 11.9 Å². The van der Waals surface area contributed by atoms with Gasteiger partial charge >= 0.3 is 12.4 Å². The highest BCUT2D eigenvalue weighted by molar-refractivity contribution is 6.05. The first-order chi connectivity index (χ1) is 22.1. The van der Waals surface area contributed by atoms with Crippen LogP contribution in [-0.2, 0) is 11.0 Å². The summed E-state index contributed by atoms with van der Waals surface area (Å²) in [6.45, 7) is 1.71. The maximum Gasteiger partial charge on any atom is 0.416 e. The molecule has 2 aromatic carbocycles. The summed E-state index contributed by atoms with van der Waals surface area (Å²) in [7, 11) is 0. The number of hydrogen-bond acceptors (Lipinski definition) is 5. The van der Waals surface area contributed by atoms with Crippen LogP contribution >= 0.6 is 0 Å². The van der Waals surface area contributed by atoms with E-state index >= 15 is 0 Å². The molecule has 46 heavy (non-hydrogen) atoms. The molecule has 4 atom stereocenters. The van der Waals surface area contributed by atoms with Gasteiger partial charge in [-0.1, -0.05) is 24.3 Å². The number of rotatable bonds is 7. The highest BCUT2D eigenvalue weighted by Gasteiger charge is 2.60. The number of nitriles is 1. The van der Waals surface area contributed by atoms with Crippen LogP contribution in [0.25, 0.3) is 5.69 Å². The summed E-state index contributed by atoms with van der Waals surface area (Å²) in [5.41, 5.74) is 0.512. The summed E-state index contributed by atoms with van der Waals surface area (Å²) in [6, 6.07) is 10.8. The van der Waals surface area contributed by atoms with Crippen LogP contribution in [-0.4, -0.2) is 50.4 Å². The minimum absolute atomic E-state index is 0.152. The summed E-state index contributed by atoms with van der Waals surface area (Å²) in [5, 5.41) is 28.2. The Morgan fingerprint density at radius 2 is 1.91 bits per heavy atom. The zero-order valence-electron chi connectivity index (χ0n) is 24.6. The number of benzene rings is 2. The average Bonchev–Trinajstić information content (AvgIpc) is 3.35. The molecule has 6 rings (SSSR count). The number of quaternary nitrogens is 1. The van der Waals surface area contributed by atoms with Crippen molar-refractivity contribution in [2.75, 3.05) is 18.1 Å². The largest absolute Gasteiger partial charge is 0.416 e. The first-order valence-electron chi connectivity index (χ1n) is 14.7. The molecule has 3 aromatic rings. The minimum atomic E-state index is -4.70. The Hall–Kier alpha value is -5.06. The number of carbonyl (C=O) groups excluding carboxylic acids is 2. The van der Waals surface area contributed by atoms with Crippen LogP contribution in [0.1, 0.15) is 58.9 Å². The van der Waals surface area contributed by atoms with E-state index in [0.717, 1.165) is 18.2 Å². The molecule has 2 amide bonds. The molecule has 13 heteroatoms. The van der Waals surface area contributed by atoms with Crippen LogP contribution in [0.2, 0.25) is 0 Å². The van der Waals surface area contributed by atoms with Gasteiger partial charge in [0.2, 0.25) is 0 Å². The van der Waals surface area contributed by atoms with Gasteiger partial charge < -0.3 is 10.4 Å². The van der Waals surface area contributed by atoms with Crippen molar-refractivity contribution in [1.82, 2.24) is 15.1 Å². The number of amides is 2. The molecule has 0 spiro atoms. The van der Waals surface area contributed by atoms with Crippen LogP contribution < -0.4 is 10.2 Å². The molecule has 4 heterocycles. The normalized spacial score (nSPS) is 23.5. The lowest BCUT2D eigenvalue weighted by atomic mass is 9.76. The summed E-state index contributed by atoms with van der Waals surface area (Å²) < 4.78 is 56.3. The molecule has 2 N–H and O–H groups in total. The fourth-order valence-electron chi connectivity index (χ4n) is 6.62. The second kappa shape index (κ2) is 11.7. The van der Waals surface area contributed by atoms with E-state index in [1.54, 1.807) is 35.9 Å². The number of alkyl halides is 3. The zero-order chi connectivity index (χ0) is 32.8. The van der Waals surface area contributed by atoms with E-state index < -0.39 is 51.9 Å². The number of aliphatic hydroxyl groups is 1. The van der Waals surface area contributed by atoms with E-state index in [0.29, 0.717) is 28.8 Å². The van der Waals surface area contributed by atoms with Crippen LogP contribution in [0.5, 0.6) is 0 Å². The van der Waals surface area contributed by atoms with Crippen molar-refractivity contribution in [3.05, 3.63) is 113 Å². The summed E-state index contributed by atoms with van der Waals surface area (Å²) in [6.07, 6.45) is 3.26. The van der Waals surface area contributed by atoms with Crippen molar-refractivity contribution >= 4 is 17.6 Å². The number of nitrogens with zero attached hydrogens (tertiary/aromatic N) is 5. The molecule has 0 saturated carbocycles. The lowest BCUT2D eigenvalue weighted by molar-refractivity contribution is -0.814. The molecule has 236 valence electrons. The maximum atomic E-state index is 14.8. The van der Waals surface area contributed by atoms with E-state index in [4.69, 9.17) is 5.10 Å². The van der Waals surface area contributed by atoms with Crippen LogP contribution in [0, 0.1) is 11.5 Å². The van der Waals surface area contributed by atoms with Gasteiger partial charge in [-0.25, -0.2) is 9.07 Å². The fraction of sp³-hybridized carbons (Fsp3) is 0.273. The summed E-state index contributed by atoms with van der Waals surface area (Å²) >= 11 is 0. The van der Waals surface area contributed by atoms with Crippen molar-refractivity contribution in [2.45, 2.75) is 43.9 Å². The second-order valence-electron chi connectivity index (χ2n) is 11.2. The second-order valence-corrected chi connectivity index (χ2v) is 11.2. The molecule has 0 bridgehead atoms. The smallest absolute Gasteiger partial charge is 0.396 e. The number of nitrogens with one attached hydrogen (secondary N) is 1. The number of fused-ring (bicyclic) bond motifs is 2. The van der Waals surface area contributed by atoms with E-state index in [1.165, 1.54) is 29.3 Å². The predicted octanol–water partition coefficient (Wildman–Crippen LogP) is 5.53. The molecule has 3 aliphatic heterocycles. The van der Waals surface area contributed by atoms with Gasteiger partial charge in [-0.2, -0.15) is 22.8 Å². The van der Waals surface area contributed by atoms with Gasteiger partial charge in [-0.3, -0.25) is 14.5 Å². The van der Waals surface area contributed by atoms with Gasteiger partial charge in [0, 0.05) is 36.8 Å². The standard InChI is InChI=1S/C33H28F4N6O3/c1-2-41-31-27-26(29(32(41)46)39-30(45)20-8-6-9-21(18-20)33(35,36)37)24-14-13-22(34)15-16-43(24,19-38)25(12-7-17-44)28(27)40-42(31)23-10-4-3-5-11-23/h3-6,8-11,13-16,18,25-26,29,44H,2,7,12,17H2,1H3/p+1/t25-,26-,29-,43?/m0/s1. The highest BCUT2D eigenvalue weighted by Crippen LogP contribution is 2.56. The molecular weight excluding hydrogens is 604 g/mol. The number of para-hydroxylation sites is 1. The highest BCUT2D eigenvalue weighted by atomic mass is 19.4. The lowest BCUT2D eigenvalue weighted by Gasteiger charge is -2.46. The molecule has 9 nitrogen and oxygen atoms in total. The minimum Gasteiger partial charge on any atom is -0.396 e. The summed E-state index contributed by atoms with van der Waals surface area (Å²) in [5.74, 6) is -2.79. The molecule has 1 aromatic heterocycles. The van der Waals surface area contributed by atoms with Gasteiger partial charge in [0.05, 0.1) is 17.2 Å². The maximum absolute atomic E-state index is 14.8. The Morgan fingerprint density at radius 1 is 1.15 bits per heavy atom. The predicted molar refractivity (Wildman–Crippen MR) is 158 cm³/mol. The number of allylic oxidation sites excluding steroid dienone is 4. The number of halogens is 4. The Bertz CT molecular complexity index is 1840. The number of aliphatic hydroxyl groups excluding tert-OH is 1. The molecule has 0 fully saturated rings. The fourth-order valence-corrected chi connectivity index (χ4v) is 6.62. The molecule has 3 aliphatic rings. The number of hydrogen-bond donors (Lipinski definition) is 2. The van der Waals surface area contributed by atoms with Crippen LogP contribution in [0.3, 0.4) is 0 Å². The van der Waals surface area contributed by atoms with Gasteiger partial charge in [-0.05, 0) is 55.8 Å². The number of anilines is 1. The molecule has 0 radical (unpaired) electrons. The van der Waals surface area contributed by atoms with Gasteiger partial charge in [0.1, 0.15) is 35.3 Å². The quantitative estimate of drug-likeness (QED) is 0.202. The Balaban J connectivity index is 1.60. The molecule has 0 aliphatic carbocycles. The van der Waals surface area contributed by atoms with Gasteiger partial charge in [0.15, 0.2) is 6.04 Å². The van der Waals surface area contributed by atoms with Crippen molar-refractivity contribution < 1.29 is 36.7 Å². The molecule has 1 unspecified atom stereocenters. The third-order valence-electron chi connectivity index (χ3n) is 8.65. The van der Waals surface area contributed by atoms with Crippen LogP contribution in [0.4, 0.5) is 23.4 Å². The molecular formula is C33H29F4N6O3+. The van der Waals surface area contributed by atoms with E-state index in [-0.39, 0.29) is 37.3 Å². The van der Waals surface area contributed by atoms with Crippen LogP contribution in [0.15, 0.2) is 90.5 Å². The SMILES string of the molecule is CCN1C(=O)[C@@H](NC(=O)c2cccc(C(F)(F)F)c2)[C@H]2C3=CC=C(F)C=C[N+]3(C#N)[C@@H](CCCO)c3nn(-c4ccccc4)c1c32. The Kier molecular flexibility index (Phi) is 7.87. The Morgan fingerprint density at radius 3 is 2.59 bits per heavy atom. The lowest BCUT2D eigenvalue weighted by Crippen LogP contribution is -2.59. The topological polar surface area (TPSA) is 111 Å². The van der Waals surface area contributed by atoms with E-state index in [1.807, 2.05) is 6.07 Å². The first kappa shape index (κ1) is 30.9. The van der Waals surface area contributed by atoms with Crippen molar-refractivity contribution in [2.24, 2.45) is 0 Å². The monoisotopic (exact) mass is 633 g/mol.